The number of hydrogen-bond donors (Lipinski definition) is 5. The number of benzene rings is 4. The van der Waals surface area contributed by atoms with Gasteiger partial charge in [-0.3, -0.25) is 19.2 Å². The molecule has 0 saturated carbocycles. The maximum Gasteiger partial charge on any atom is 0.338 e. The summed E-state index contributed by atoms with van der Waals surface area (Å²) >= 11 is 0. The van der Waals surface area contributed by atoms with E-state index in [1.807, 2.05) is 73.6 Å². The standard InChI is InChI=1S/C31H34N6O6S.C29H31N7O4/c1-18-21-11-12-24(23(21)10-9-22(18)29(40)43-31(2,3)4)35-28(39)26-14-25(36-30-33-17-34-37(26)30)27(38)32-15-19-7-6-8-20(13-19)16-44(5,41)42;1-16-19-10-11-22(21(19)9-8-20(16)27(39)40-29(2,3)4)34-26(38)24-13-23(35-28-32-15-33-36(24)28)25(37)31-14-17-6-5-7-18(30)12-17/h6-10,13-14,17,24H,11-12,15-16H2,1-5H3,(H,32,38)(H,35,39);5-9,12-13,15,22H,10-11,14,30H2,1-4H3,(H,31,37)(H,34,38)/t24-;22-/m00/s1. The van der Waals surface area contributed by atoms with E-state index in [1.165, 1.54) is 33.8 Å². The van der Waals surface area contributed by atoms with Gasteiger partial charge >= 0.3 is 11.9 Å². The molecule has 0 spiro atoms. The molecule has 0 fully saturated rings. The molecule has 436 valence electrons. The van der Waals surface area contributed by atoms with Crippen LogP contribution in [0.1, 0.15) is 179 Å². The molecule has 10 rings (SSSR count). The van der Waals surface area contributed by atoms with Gasteiger partial charge in [-0.05, 0) is 155 Å². The van der Waals surface area contributed by atoms with Crippen LogP contribution in [0.2, 0.25) is 0 Å². The minimum atomic E-state index is -3.20. The summed E-state index contributed by atoms with van der Waals surface area (Å²) in [5.41, 5.74) is 14.2. The second kappa shape index (κ2) is 23.8. The summed E-state index contributed by atoms with van der Waals surface area (Å²) in [6, 6.07) is 23.5. The molecule has 4 aromatic carbocycles. The zero-order valence-electron chi connectivity index (χ0n) is 48.0. The van der Waals surface area contributed by atoms with Crippen LogP contribution in [0.4, 0.5) is 5.69 Å². The van der Waals surface area contributed by atoms with E-state index >= 15 is 0 Å². The Bertz CT molecular complexity index is 4050. The van der Waals surface area contributed by atoms with Crippen molar-refractivity contribution in [2.24, 2.45) is 0 Å². The molecule has 0 bridgehead atoms. The highest BCUT2D eigenvalue weighted by atomic mass is 32.2. The molecule has 0 unspecified atom stereocenters. The Morgan fingerprint density at radius 1 is 0.595 bits per heavy atom. The Balaban J connectivity index is 0.000000202. The van der Waals surface area contributed by atoms with Gasteiger partial charge in [0, 0.05) is 37.2 Å². The monoisotopic (exact) mass is 1160 g/mol. The molecule has 4 heterocycles. The largest absolute Gasteiger partial charge is 0.456 e. The second-order valence-electron chi connectivity index (χ2n) is 22.7. The number of amides is 4. The third-order valence-corrected chi connectivity index (χ3v) is 14.8. The van der Waals surface area contributed by atoms with Gasteiger partial charge in [-0.2, -0.15) is 29.2 Å². The average Bonchev–Trinajstić information content (AvgIpc) is 3.60. The van der Waals surface area contributed by atoms with E-state index in [-0.39, 0.29) is 77.2 Å². The number of esters is 2. The fourth-order valence-corrected chi connectivity index (χ4v) is 11.0. The number of fused-ring (bicyclic) bond motifs is 4. The maximum absolute atomic E-state index is 13.6. The van der Waals surface area contributed by atoms with Crippen LogP contribution in [0.15, 0.2) is 97.6 Å². The number of nitrogens with two attached hydrogens (primary N) is 1. The summed E-state index contributed by atoms with van der Waals surface area (Å²) in [5.74, 6) is -2.52. The van der Waals surface area contributed by atoms with Crippen molar-refractivity contribution in [2.75, 3.05) is 12.0 Å². The number of nitrogens with zero attached hydrogens (tertiary/aromatic N) is 8. The van der Waals surface area contributed by atoms with E-state index < -0.39 is 44.7 Å². The van der Waals surface area contributed by atoms with Gasteiger partial charge in [-0.25, -0.2) is 28.0 Å². The molecule has 4 amide bonds. The first-order chi connectivity index (χ1) is 39.7. The molecular formula is C60H65N13O10S. The van der Waals surface area contributed by atoms with Crippen LogP contribution in [0.25, 0.3) is 11.6 Å². The number of sulfone groups is 1. The fourth-order valence-electron chi connectivity index (χ4n) is 10.2. The van der Waals surface area contributed by atoms with Gasteiger partial charge in [-0.15, -0.1) is 0 Å². The van der Waals surface area contributed by atoms with Gasteiger partial charge < -0.3 is 36.5 Å². The van der Waals surface area contributed by atoms with Gasteiger partial charge in [0.1, 0.15) is 46.6 Å². The molecular weight excluding hydrogens is 1090 g/mol. The average molecular weight is 1160 g/mol. The number of nitrogens with one attached hydrogen (secondary N) is 4. The first kappa shape index (κ1) is 59.2. The Morgan fingerprint density at radius 2 is 1.02 bits per heavy atom. The maximum atomic E-state index is 13.6. The van der Waals surface area contributed by atoms with Gasteiger partial charge in [-0.1, -0.05) is 48.5 Å². The first-order valence-electron chi connectivity index (χ1n) is 27.1. The second-order valence-corrected chi connectivity index (χ2v) is 24.9. The zero-order valence-corrected chi connectivity index (χ0v) is 48.8. The Labute approximate surface area is 484 Å². The molecule has 2 aliphatic rings. The van der Waals surface area contributed by atoms with Gasteiger partial charge in [0.05, 0.1) is 29.0 Å². The van der Waals surface area contributed by atoms with Crippen molar-refractivity contribution in [3.8, 4) is 0 Å². The number of anilines is 1. The lowest BCUT2D eigenvalue weighted by atomic mass is 9.97. The number of ether oxygens (including phenoxy) is 2. The predicted molar refractivity (Wildman–Crippen MR) is 310 cm³/mol. The third-order valence-electron chi connectivity index (χ3n) is 13.9. The quantitative estimate of drug-likeness (QED) is 0.0566. The van der Waals surface area contributed by atoms with Crippen LogP contribution in [0, 0.1) is 13.8 Å². The van der Waals surface area contributed by atoms with E-state index in [2.05, 4.69) is 51.4 Å². The van der Waals surface area contributed by atoms with Gasteiger partial charge in [0.2, 0.25) is 0 Å². The highest BCUT2D eigenvalue weighted by molar-refractivity contribution is 7.89. The molecule has 0 saturated heterocycles. The topological polar surface area (TPSA) is 315 Å². The van der Waals surface area contributed by atoms with E-state index in [9.17, 15) is 37.2 Å². The summed E-state index contributed by atoms with van der Waals surface area (Å²) in [4.78, 5) is 95.2. The van der Waals surface area contributed by atoms with Crippen LogP contribution in [-0.2, 0) is 51.0 Å². The number of aromatic nitrogens is 8. The summed E-state index contributed by atoms with van der Waals surface area (Å²) < 4.78 is 37.0. The Morgan fingerprint density at radius 3 is 1.45 bits per heavy atom. The molecule has 84 heavy (non-hydrogen) atoms. The van der Waals surface area contributed by atoms with Crippen molar-refractivity contribution < 1.29 is 46.7 Å². The number of nitrogen functional groups attached to an aromatic ring is 1. The van der Waals surface area contributed by atoms with Crippen molar-refractivity contribution >= 4 is 62.6 Å². The van der Waals surface area contributed by atoms with Crippen LogP contribution >= 0.6 is 0 Å². The zero-order chi connectivity index (χ0) is 60.4. The first-order valence-corrected chi connectivity index (χ1v) is 29.2. The van der Waals surface area contributed by atoms with E-state index in [0.717, 1.165) is 45.2 Å². The van der Waals surface area contributed by atoms with Crippen molar-refractivity contribution in [3.05, 3.63) is 182 Å². The normalized spacial score (nSPS) is 14.6. The van der Waals surface area contributed by atoms with Crippen LogP contribution in [0.5, 0.6) is 0 Å². The molecule has 4 aromatic heterocycles. The third kappa shape index (κ3) is 13.9. The van der Waals surface area contributed by atoms with Crippen molar-refractivity contribution in [2.45, 2.75) is 123 Å². The lowest BCUT2D eigenvalue weighted by Gasteiger charge is -2.21. The Hall–Kier alpha value is -9.45. The molecule has 2 aliphatic carbocycles. The van der Waals surface area contributed by atoms with Gasteiger partial charge in [0.25, 0.3) is 35.2 Å². The van der Waals surface area contributed by atoms with Gasteiger partial charge in [0.15, 0.2) is 9.84 Å². The molecule has 2 atom stereocenters. The highest BCUT2D eigenvalue weighted by Crippen LogP contribution is 2.37. The number of hydrogen-bond acceptors (Lipinski definition) is 17. The summed E-state index contributed by atoms with van der Waals surface area (Å²) in [6.07, 6.45) is 6.37. The predicted octanol–water partition coefficient (Wildman–Crippen LogP) is 6.60. The lowest BCUT2D eigenvalue weighted by Crippen LogP contribution is -2.31. The van der Waals surface area contributed by atoms with Crippen molar-refractivity contribution in [3.63, 3.8) is 0 Å². The number of carbonyl (C=O) groups excluding carboxylic acids is 6. The molecule has 8 aromatic rings. The summed E-state index contributed by atoms with van der Waals surface area (Å²) in [6.45, 7) is 15.1. The Kier molecular flexibility index (Phi) is 16.8. The number of rotatable bonds is 14. The van der Waals surface area contributed by atoms with Crippen LogP contribution < -0.4 is 27.0 Å². The molecule has 23 nitrogen and oxygen atoms in total. The molecule has 0 radical (unpaired) electrons. The highest BCUT2D eigenvalue weighted by Gasteiger charge is 2.32. The molecule has 6 N–H and O–H groups in total. The van der Waals surface area contributed by atoms with E-state index in [1.54, 1.807) is 54.6 Å². The minimum absolute atomic E-state index is 0.0207. The minimum Gasteiger partial charge on any atom is -0.456 e. The SMILES string of the molecule is Cc1c(C(=O)OC(C)(C)C)ccc2c1CC[C@@H]2NC(=O)c1cc(C(=O)NCc2cccc(CS(C)(=O)=O)c2)nc2ncnn12.Cc1c(C(=O)OC(C)(C)C)ccc2c1CC[C@@H]2NC(=O)c1cc(C(=O)NCc2cccc(N)c2)nc2ncnn12. The van der Waals surface area contributed by atoms with E-state index in [4.69, 9.17) is 15.2 Å². The van der Waals surface area contributed by atoms with Crippen LogP contribution in [0.3, 0.4) is 0 Å². The smallest absolute Gasteiger partial charge is 0.338 e. The fraction of sp³-hybridized carbons (Fsp3) is 0.333. The number of carbonyl (C=O) groups is 6. The summed E-state index contributed by atoms with van der Waals surface area (Å²) in [7, 11) is -3.20. The molecule has 24 heteroatoms. The summed E-state index contributed by atoms with van der Waals surface area (Å²) in [5, 5.41) is 19.9. The lowest BCUT2D eigenvalue weighted by molar-refractivity contribution is 0.00559. The van der Waals surface area contributed by atoms with Crippen LogP contribution in [-0.4, -0.2) is 101 Å². The van der Waals surface area contributed by atoms with Crippen molar-refractivity contribution in [1.29, 1.82) is 0 Å². The van der Waals surface area contributed by atoms with E-state index in [0.29, 0.717) is 53.6 Å². The van der Waals surface area contributed by atoms with Crippen molar-refractivity contribution in [1.82, 2.24) is 60.4 Å². The molecule has 0 aliphatic heterocycles.